The molecular formula is C22H31ClFN5O. The lowest BCUT2D eigenvalue weighted by atomic mass is 10.1. The van der Waals surface area contributed by atoms with Crippen LogP contribution in [0.4, 0.5) is 10.2 Å². The Bertz CT molecular complexity index is 910. The van der Waals surface area contributed by atoms with Crippen LogP contribution in [0.15, 0.2) is 24.7 Å². The van der Waals surface area contributed by atoms with E-state index in [4.69, 9.17) is 16.4 Å². The van der Waals surface area contributed by atoms with Crippen molar-refractivity contribution in [3.63, 3.8) is 0 Å². The second kappa shape index (κ2) is 13.6. The molecule has 0 amide bonds. The average Bonchev–Trinajstić information content (AvgIpc) is 3.15. The summed E-state index contributed by atoms with van der Waals surface area (Å²) in [7, 11) is 0. The van der Waals surface area contributed by atoms with Crippen LogP contribution in [0.1, 0.15) is 60.3 Å². The maximum absolute atomic E-state index is 14.2. The highest BCUT2D eigenvalue weighted by atomic mass is 35.5. The van der Waals surface area contributed by atoms with Gasteiger partial charge in [-0.1, -0.05) is 52.1 Å². The molecule has 0 unspecified atom stereocenters. The molecule has 0 aliphatic rings. The fourth-order valence-corrected chi connectivity index (χ4v) is 3.10. The molecule has 0 radical (unpaired) electrons. The number of aromatic amines is 1. The zero-order valence-electron chi connectivity index (χ0n) is 18.3. The number of aromatic nitrogens is 4. The molecule has 3 aromatic heterocycles. The number of rotatable bonds is 7. The fraction of sp³-hybridized carbons (Fsp3) is 0.455. The van der Waals surface area contributed by atoms with Gasteiger partial charge in [0.2, 0.25) is 0 Å². The molecule has 0 aromatic carbocycles. The van der Waals surface area contributed by atoms with Gasteiger partial charge in [-0.25, -0.2) is 19.3 Å². The van der Waals surface area contributed by atoms with E-state index in [-0.39, 0.29) is 11.9 Å². The Morgan fingerprint density at radius 2 is 1.83 bits per heavy atom. The summed E-state index contributed by atoms with van der Waals surface area (Å²) in [5.74, 6) is 0.226. The quantitative estimate of drug-likeness (QED) is 0.418. The molecule has 0 aliphatic heterocycles. The number of halogens is 2. The number of nitrogens with one attached hydrogen (secondary N) is 2. The minimum atomic E-state index is -0.447. The van der Waals surface area contributed by atoms with E-state index in [1.165, 1.54) is 13.1 Å². The van der Waals surface area contributed by atoms with Crippen molar-refractivity contribution in [3.05, 3.63) is 35.5 Å². The van der Waals surface area contributed by atoms with Crippen molar-refractivity contribution in [2.24, 2.45) is 0 Å². The van der Waals surface area contributed by atoms with Crippen molar-refractivity contribution in [2.45, 2.75) is 66.3 Å². The van der Waals surface area contributed by atoms with E-state index in [0.717, 1.165) is 42.9 Å². The van der Waals surface area contributed by atoms with Crippen LogP contribution in [0, 0.1) is 5.82 Å². The van der Waals surface area contributed by atoms with Gasteiger partial charge in [0, 0.05) is 29.4 Å². The molecule has 2 N–H and O–H groups in total. The monoisotopic (exact) mass is 435 g/mol. The number of hydrogen-bond donors (Lipinski definition) is 2. The number of nitrogens with zero attached hydrogens (tertiary/aromatic N) is 3. The zero-order chi connectivity index (χ0) is 22.5. The summed E-state index contributed by atoms with van der Waals surface area (Å²) in [6, 6.07) is 2.00. The first-order chi connectivity index (χ1) is 14.5. The number of fused-ring (bicyclic) bond motifs is 1. The van der Waals surface area contributed by atoms with Gasteiger partial charge < -0.3 is 15.1 Å². The molecule has 3 rings (SSSR count). The summed E-state index contributed by atoms with van der Waals surface area (Å²) in [5.41, 5.74) is 1.44. The standard InChI is InChI=1S/C18H21ClFN5.C2H4O.C2H6/c1-3-5-12(6-4-2)24-18-15(20)10-23-17(25-18)14-9-22-16-13(14)7-11(19)8-21-16;1-2-3;1-2/h7-10,12H,3-6H2,1-2H3,(H,21,22)(H,23,24,25);2H,1H3;1-2H3. The van der Waals surface area contributed by atoms with E-state index in [1.54, 1.807) is 18.5 Å². The van der Waals surface area contributed by atoms with E-state index >= 15 is 0 Å². The minimum Gasteiger partial charge on any atom is -0.365 e. The van der Waals surface area contributed by atoms with E-state index in [9.17, 15) is 4.39 Å². The first-order valence-electron chi connectivity index (χ1n) is 10.4. The number of carbonyl (C=O) groups is 1. The van der Waals surface area contributed by atoms with E-state index < -0.39 is 5.82 Å². The van der Waals surface area contributed by atoms with Crippen molar-refractivity contribution in [2.75, 3.05) is 5.32 Å². The summed E-state index contributed by atoms with van der Waals surface area (Å²) >= 11 is 6.04. The number of pyridine rings is 1. The zero-order valence-corrected chi connectivity index (χ0v) is 19.1. The van der Waals surface area contributed by atoms with Gasteiger partial charge in [-0.2, -0.15) is 0 Å². The predicted molar refractivity (Wildman–Crippen MR) is 122 cm³/mol. The Labute approximate surface area is 182 Å². The van der Waals surface area contributed by atoms with Gasteiger partial charge in [-0.15, -0.1) is 0 Å². The average molecular weight is 436 g/mol. The molecule has 0 bridgehead atoms. The summed E-state index contributed by atoms with van der Waals surface area (Å²) in [5, 5.41) is 4.57. The Morgan fingerprint density at radius 3 is 2.43 bits per heavy atom. The molecule has 0 saturated heterocycles. The predicted octanol–water partition coefficient (Wildman–Crippen LogP) is 6.42. The highest BCUT2D eigenvalue weighted by Crippen LogP contribution is 2.28. The van der Waals surface area contributed by atoms with Gasteiger partial charge in [-0.05, 0) is 25.8 Å². The van der Waals surface area contributed by atoms with Crippen molar-refractivity contribution in [1.82, 2.24) is 19.9 Å². The smallest absolute Gasteiger partial charge is 0.183 e. The molecule has 0 saturated carbocycles. The van der Waals surface area contributed by atoms with E-state index in [0.29, 0.717) is 16.5 Å². The SMILES string of the molecule is CC.CC=O.CCCC(CCC)Nc1nc(-c2c[nH]c3ncc(Cl)cc23)ncc1F. The molecule has 0 fully saturated rings. The number of anilines is 1. The fourth-order valence-electron chi connectivity index (χ4n) is 2.94. The van der Waals surface area contributed by atoms with Crippen molar-refractivity contribution >= 4 is 34.7 Å². The second-order valence-corrected chi connectivity index (χ2v) is 6.73. The largest absolute Gasteiger partial charge is 0.365 e. The summed E-state index contributed by atoms with van der Waals surface area (Å²) in [6.07, 6.45) is 9.30. The number of aldehydes is 1. The molecule has 3 aromatic rings. The molecule has 0 atom stereocenters. The van der Waals surface area contributed by atoms with Gasteiger partial charge in [-0.3, -0.25) is 0 Å². The van der Waals surface area contributed by atoms with Crippen LogP contribution in [0.2, 0.25) is 5.02 Å². The van der Waals surface area contributed by atoms with Crippen LogP contribution in [0.5, 0.6) is 0 Å². The summed E-state index contributed by atoms with van der Waals surface area (Å²) < 4.78 is 14.2. The molecule has 3 heterocycles. The van der Waals surface area contributed by atoms with Gasteiger partial charge in [0.05, 0.1) is 11.2 Å². The highest BCUT2D eigenvalue weighted by Gasteiger charge is 2.16. The number of carbonyl (C=O) groups excluding carboxylic acids is 1. The maximum atomic E-state index is 14.2. The maximum Gasteiger partial charge on any atom is 0.183 e. The first kappa shape index (κ1) is 25.5. The van der Waals surface area contributed by atoms with Crippen LogP contribution in [0.3, 0.4) is 0 Å². The van der Waals surface area contributed by atoms with Crippen molar-refractivity contribution in [3.8, 4) is 11.4 Å². The highest BCUT2D eigenvalue weighted by molar-refractivity contribution is 6.31. The van der Waals surface area contributed by atoms with E-state index in [1.807, 2.05) is 13.8 Å². The Hall–Kier alpha value is -2.54. The third-order valence-corrected chi connectivity index (χ3v) is 4.30. The topological polar surface area (TPSA) is 83.6 Å². The van der Waals surface area contributed by atoms with Crippen molar-refractivity contribution in [1.29, 1.82) is 0 Å². The van der Waals surface area contributed by atoms with E-state index in [2.05, 4.69) is 39.1 Å². The lowest BCUT2D eigenvalue weighted by molar-refractivity contribution is -0.106. The van der Waals surface area contributed by atoms with Crippen LogP contribution < -0.4 is 5.32 Å². The lowest BCUT2D eigenvalue weighted by Crippen LogP contribution is -2.21. The molecule has 164 valence electrons. The minimum absolute atomic E-state index is 0.200. The van der Waals surface area contributed by atoms with Gasteiger partial charge in [0.15, 0.2) is 17.5 Å². The van der Waals surface area contributed by atoms with Crippen LogP contribution >= 0.6 is 11.6 Å². The number of H-pyrrole nitrogens is 1. The molecule has 8 heteroatoms. The van der Waals surface area contributed by atoms with Gasteiger partial charge in [0.25, 0.3) is 0 Å². The molecule has 6 nitrogen and oxygen atoms in total. The van der Waals surface area contributed by atoms with Gasteiger partial charge in [0.1, 0.15) is 11.9 Å². The summed E-state index contributed by atoms with van der Waals surface area (Å²) in [6.45, 7) is 9.68. The Morgan fingerprint density at radius 1 is 1.20 bits per heavy atom. The third-order valence-electron chi connectivity index (χ3n) is 4.10. The summed E-state index contributed by atoms with van der Waals surface area (Å²) in [4.78, 5) is 24.7. The Balaban J connectivity index is 0.000000826. The first-order valence-corrected chi connectivity index (χ1v) is 10.7. The normalized spacial score (nSPS) is 10.1. The second-order valence-electron chi connectivity index (χ2n) is 6.30. The van der Waals surface area contributed by atoms with Crippen LogP contribution in [-0.2, 0) is 4.79 Å². The van der Waals surface area contributed by atoms with Gasteiger partial charge >= 0.3 is 0 Å². The third kappa shape index (κ3) is 7.06. The molecule has 0 aliphatic carbocycles. The molecule has 30 heavy (non-hydrogen) atoms. The number of hydrogen-bond acceptors (Lipinski definition) is 5. The van der Waals surface area contributed by atoms with Crippen molar-refractivity contribution < 1.29 is 9.18 Å². The Kier molecular flexibility index (Phi) is 11.6. The molecular weight excluding hydrogens is 405 g/mol. The molecule has 0 spiro atoms. The van der Waals surface area contributed by atoms with Crippen LogP contribution in [-0.4, -0.2) is 32.3 Å². The van der Waals surface area contributed by atoms with Crippen LogP contribution in [0.25, 0.3) is 22.4 Å². The lowest BCUT2D eigenvalue weighted by Gasteiger charge is -2.18.